The van der Waals surface area contributed by atoms with Gasteiger partial charge in [0.15, 0.2) is 13.7 Å². The molecule has 3 nitrogen and oxygen atoms in total. The van der Waals surface area contributed by atoms with Crippen LogP contribution in [0.1, 0.15) is 19.8 Å². The topological polar surface area (TPSA) is 35.5 Å². The summed E-state index contributed by atoms with van der Waals surface area (Å²) in [7, 11) is -9.85. The van der Waals surface area contributed by atoms with Gasteiger partial charge in [0.1, 0.15) is 12.4 Å². The first-order chi connectivity index (χ1) is 15.1. The van der Waals surface area contributed by atoms with Crippen molar-refractivity contribution in [2.24, 2.45) is 0 Å². The van der Waals surface area contributed by atoms with Crippen molar-refractivity contribution in [3.8, 4) is 0 Å². The van der Waals surface area contributed by atoms with Gasteiger partial charge in [-0.15, -0.1) is 0 Å². The van der Waals surface area contributed by atoms with Crippen molar-refractivity contribution in [3.63, 3.8) is 0 Å². The summed E-state index contributed by atoms with van der Waals surface area (Å²) in [6.07, 6.45) is 2.67. The molecular weight excluding hydrogens is 561 g/mol. The summed E-state index contributed by atoms with van der Waals surface area (Å²) in [5.74, 6) is 0. The maximum atomic E-state index is 13.0. The van der Waals surface area contributed by atoms with E-state index in [4.69, 9.17) is 8.85 Å². The first kappa shape index (κ1) is 36.3. The molecule has 0 saturated heterocycles. The van der Waals surface area contributed by atoms with Crippen molar-refractivity contribution in [2.45, 2.75) is 150 Å². The minimum absolute atomic E-state index is 0.0785. The van der Waals surface area contributed by atoms with Crippen LogP contribution in [-0.4, -0.2) is 77.8 Å². The summed E-state index contributed by atoms with van der Waals surface area (Å²) in [4.78, 5) is 13.0. The smallest absolute Gasteiger partial charge is 0.159 e. The van der Waals surface area contributed by atoms with Crippen LogP contribution in [0.15, 0.2) is 0 Å². The van der Waals surface area contributed by atoms with Gasteiger partial charge in [-0.2, -0.15) is 0 Å². The molecule has 0 aliphatic carbocycles. The van der Waals surface area contributed by atoms with Gasteiger partial charge in [0.05, 0.1) is 51.7 Å². The second kappa shape index (κ2) is 11.4. The lowest BCUT2D eigenvalue weighted by Crippen LogP contribution is -2.86. The minimum Gasteiger partial charge on any atom is -0.420 e. The van der Waals surface area contributed by atoms with Crippen molar-refractivity contribution in [2.75, 3.05) is 0 Å². The van der Waals surface area contributed by atoms with Crippen molar-refractivity contribution in [1.29, 1.82) is 0 Å². The number of carbonyl (C=O) groups is 1. The van der Waals surface area contributed by atoms with E-state index in [0.717, 1.165) is 12.8 Å². The Morgan fingerprint density at radius 3 is 0.971 bits per heavy atom. The van der Waals surface area contributed by atoms with Crippen LogP contribution >= 0.6 is 0 Å². The summed E-state index contributed by atoms with van der Waals surface area (Å²) >= 11 is 0. The van der Waals surface area contributed by atoms with Crippen LogP contribution < -0.4 is 0 Å². The Kier molecular flexibility index (Phi) is 11.9. The van der Waals surface area contributed by atoms with E-state index in [9.17, 15) is 4.79 Å². The monoisotopic (exact) mass is 624 g/mol. The van der Waals surface area contributed by atoms with E-state index >= 15 is 0 Å². The predicted molar refractivity (Wildman–Crippen MR) is 182 cm³/mol. The van der Waals surface area contributed by atoms with Gasteiger partial charge >= 0.3 is 0 Å². The first-order valence-corrected chi connectivity index (χ1v) is 44.7. The van der Waals surface area contributed by atoms with E-state index < -0.39 is 65.4 Å². The molecule has 0 aromatic carbocycles. The molecule has 0 heterocycles. The molecule has 0 aromatic heterocycles. The van der Waals surface area contributed by atoms with E-state index in [0.29, 0.717) is 0 Å². The number of carbonyl (C=O) groups excluding carboxylic acids is 1. The van der Waals surface area contributed by atoms with Gasteiger partial charge in [-0.3, -0.25) is 0 Å². The Bertz CT molecular complexity index is 629. The van der Waals surface area contributed by atoms with E-state index in [1.54, 1.807) is 0 Å². The van der Waals surface area contributed by atoms with Crippen molar-refractivity contribution >= 4 is 65.6 Å². The molecular formula is C24H64O3Si8. The largest absolute Gasteiger partial charge is 0.420 e. The Morgan fingerprint density at radius 2 is 0.771 bits per heavy atom. The van der Waals surface area contributed by atoms with Crippen LogP contribution in [0, 0.1) is 0 Å². The molecule has 0 unspecified atom stereocenters. The summed E-state index contributed by atoms with van der Waals surface area (Å²) in [5.41, 5.74) is 0. The molecule has 0 radical (unpaired) electrons. The van der Waals surface area contributed by atoms with E-state index in [-0.39, 0.29) is 6.10 Å². The zero-order valence-corrected chi connectivity index (χ0v) is 35.4. The molecule has 0 spiro atoms. The first-order valence-electron chi connectivity index (χ1n) is 13.9. The molecule has 0 rings (SSSR count). The van der Waals surface area contributed by atoms with Crippen molar-refractivity contribution in [1.82, 2.24) is 0 Å². The summed E-state index contributed by atoms with van der Waals surface area (Å²) in [6.45, 7) is 44.0. The van der Waals surface area contributed by atoms with E-state index in [1.165, 1.54) is 6.29 Å². The average molecular weight is 625 g/mol. The van der Waals surface area contributed by atoms with Crippen LogP contribution in [0.2, 0.25) is 118 Å². The van der Waals surface area contributed by atoms with Gasteiger partial charge in [-0.1, -0.05) is 131 Å². The molecule has 0 bridgehead atoms. The number of hydrogen-bond acceptors (Lipinski definition) is 3. The van der Waals surface area contributed by atoms with Crippen LogP contribution in [0.3, 0.4) is 0 Å². The molecule has 2 atom stereocenters. The second-order valence-corrected chi connectivity index (χ2v) is 95.9. The molecule has 0 aliphatic heterocycles. The molecule has 11 heteroatoms. The van der Waals surface area contributed by atoms with Gasteiger partial charge < -0.3 is 13.6 Å². The Labute approximate surface area is 228 Å². The molecule has 35 heavy (non-hydrogen) atoms. The quantitative estimate of drug-likeness (QED) is 0.144. The van der Waals surface area contributed by atoms with E-state index in [1.807, 2.05) is 0 Å². The van der Waals surface area contributed by atoms with Crippen molar-refractivity contribution in [3.05, 3.63) is 0 Å². The summed E-state index contributed by atoms with van der Waals surface area (Å²) < 4.78 is 15.3. The normalized spacial score (nSPS) is 17.3. The highest BCUT2D eigenvalue weighted by atomic mass is 29.9. The van der Waals surface area contributed by atoms with Gasteiger partial charge in [0.2, 0.25) is 0 Å². The molecule has 0 N–H and O–H groups in total. The maximum Gasteiger partial charge on any atom is 0.159 e. The zero-order chi connectivity index (χ0) is 28.7. The summed E-state index contributed by atoms with van der Waals surface area (Å²) in [6, 6.07) is 0. The highest BCUT2D eigenvalue weighted by molar-refractivity contribution is 7.88. The lowest BCUT2D eigenvalue weighted by atomic mass is 10.1. The fraction of sp³-hybridized carbons (Fsp3) is 0.958. The summed E-state index contributed by atoms with van der Waals surface area (Å²) in [5, 5.41) is 0. The highest BCUT2D eigenvalue weighted by Crippen LogP contribution is 2.42. The minimum atomic E-state index is -2.13. The van der Waals surface area contributed by atoms with Crippen LogP contribution in [0.5, 0.6) is 0 Å². The van der Waals surface area contributed by atoms with Gasteiger partial charge in [-0.25, -0.2) is 0 Å². The van der Waals surface area contributed by atoms with Crippen molar-refractivity contribution < 1.29 is 13.6 Å². The fourth-order valence-electron chi connectivity index (χ4n) is 9.01. The fourth-order valence-corrected chi connectivity index (χ4v) is 197. The highest BCUT2D eigenvalue weighted by Gasteiger charge is 2.67. The van der Waals surface area contributed by atoms with E-state index in [2.05, 4.69) is 125 Å². The number of aldehydes is 1. The van der Waals surface area contributed by atoms with Gasteiger partial charge in [-0.05, 0) is 6.42 Å². The van der Waals surface area contributed by atoms with Crippen LogP contribution in [0.4, 0.5) is 0 Å². The molecule has 0 aromatic rings. The standard InChI is InChI=1S/C24H64O3Si8/c1-20-21-23(26-34(28(2,3)4,29(5,6)7)30(8,9)10)24(22-25)27-35(31(11,12)13,32(14,15)16)33(17,18)19/h22-24H,20-21H2,1-19H3/t23-,24-/m1/s1. The molecule has 0 aliphatic rings. The third kappa shape index (κ3) is 7.10. The average Bonchev–Trinajstić information content (AvgIpc) is 2.52. The van der Waals surface area contributed by atoms with Gasteiger partial charge in [0, 0.05) is 0 Å². The predicted octanol–water partition coefficient (Wildman–Crippen LogP) is 8.15. The number of hydrogen-bond donors (Lipinski definition) is 0. The van der Waals surface area contributed by atoms with Gasteiger partial charge in [0.25, 0.3) is 0 Å². The molecule has 0 saturated carbocycles. The van der Waals surface area contributed by atoms with Crippen LogP contribution in [-0.2, 0) is 13.6 Å². The lowest BCUT2D eigenvalue weighted by Gasteiger charge is -2.60. The molecule has 0 amide bonds. The lowest BCUT2D eigenvalue weighted by molar-refractivity contribution is -0.117. The Morgan fingerprint density at radius 1 is 0.514 bits per heavy atom. The third-order valence-electron chi connectivity index (χ3n) is 8.05. The Balaban J connectivity index is 7.16. The third-order valence-corrected chi connectivity index (χ3v) is 143. The molecule has 0 fully saturated rings. The van der Waals surface area contributed by atoms with Crippen LogP contribution in [0.25, 0.3) is 0 Å². The molecule has 210 valence electrons. The Hall–Kier alpha value is 1.33. The second-order valence-electron chi connectivity index (χ2n) is 17.0. The number of rotatable bonds is 14. The maximum absolute atomic E-state index is 13.0. The zero-order valence-electron chi connectivity index (χ0n) is 27.4. The SMILES string of the molecule is CCC[C@@H](O[Si]([Si](C)(C)C)([Si](C)(C)C)[Si](C)(C)C)[C@@H](C=O)O[Si]([Si](C)(C)C)([Si](C)(C)C)[Si](C)(C)C.